The van der Waals surface area contributed by atoms with Gasteiger partial charge >= 0.3 is 0 Å². The SMILES string of the molecule is COc1cccc(CNc2nc(NC(C)CC(C)(C)O)nc3c2ncn3C)c1O. The zero-order valence-corrected chi connectivity index (χ0v) is 17.4. The van der Waals surface area contributed by atoms with Gasteiger partial charge in [0.2, 0.25) is 5.95 Å². The average molecular weight is 400 g/mol. The highest BCUT2D eigenvalue weighted by Crippen LogP contribution is 2.30. The molecule has 0 fully saturated rings. The summed E-state index contributed by atoms with van der Waals surface area (Å²) in [5, 5.41) is 26.8. The van der Waals surface area contributed by atoms with Gasteiger partial charge in [-0.25, -0.2) is 4.98 Å². The van der Waals surface area contributed by atoms with Gasteiger partial charge in [-0.3, -0.25) is 0 Å². The van der Waals surface area contributed by atoms with Crippen LogP contribution < -0.4 is 15.4 Å². The van der Waals surface area contributed by atoms with Crippen LogP contribution in [-0.2, 0) is 13.6 Å². The molecule has 0 radical (unpaired) electrons. The Labute approximate surface area is 169 Å². The summed E-state index contributed by atoms with van der Waals surface area (Å²) in [6.07, 6.45) is 2.22. The number of para-hydroxylation sites is 1. The normalized spacial score (nSPS) is 12.8. The number of ether oxygens (including phenoxy) is 1. The summed E-state index contributed by atoms with van der Waals surface area (Å²) < 4.78 is 6.98. The van der Waals surface area contributed by atoms with Gasteiger partial charge in [-0.2, -0.15) is 9.97 Å². The van der Waals surface area contributed by atoms with Crippen molar-refractivity contribution in [3.63, 3.8) is 0 Å². The molecule has 9 heteroatoms. The Hall–Kier alpha value is -3.07. The molecule has 3 aromatic rings. The van der Waals surface area contributed by atoms with E-state index in [4.69, 9.17) is 4.74 Å². The lowest BCUT2D eigenvalue weighted by Gasteiger charge is -2.23. The molecule has 0 bridgehead atoms. The predicted octanol–water partition coefficient (Wildman–Crippen LogP) is 2.65. The first kappa shape index (κ1) is 20.7. The van der Waals surface area contributed by atoms with Crippen molar-refractivity contribution in [3.05, 3.63) is 30.1 Å². The first-order valence-electron chi connectivity index (χ1n) is 9.44. The summed E-state index contributed by atoms with van der Waals surface area (Å²) in [6, 6.07) is 5.30. The molecule has 9 nitrogen and oxygen atoms in total. The summed E-state index contributed by atoms with van der Waals surface area (Å²) in [7, 11) is 3.38. The van der Waals surface area contributed by atoms with Crippen LogP contribution in [0.3, 0.4) is 0 Å². The predicted molar refractivity (Wildman–Crippen MR) is 112 cm³/mol. The summed E-state index contributed by atoms with van der Waals surface area (Å²) in [6.45, 7) is 5.84. The second kappa shape index (κ2) is 8.12. The zero-order valence-electron chi connectivity index (χ0n) is 17.4. The number of aromatic hydroxyl groups is 1. The van der Waals surface area contributed by atoms with E-state index < -0.39 is 5.60 Å². The lowest BCUT2D eigenvalue weighted by Crippen LogP contribution is -2.29. The third kappa shape index (κ3) is 4.86. The number of rotatable bonds is 8. The molecule has 0 amide bonds. The lowest BCUT2D eigenvalue weighted by atomic mass is 10.0. The van der Waals surface area contributed by atoms with Gasteiger partial charge in [-0.15, -0.1) is 0 Å². The maximum Gasteiger partial charge on any atom is 0.226 e. The molecule has 156 valence electrons. The van der Waals surface area contributed by atoms with Crippen LogP contribution >= 0.6 is 0 Å². The molecule has 2 aromatic heterocycles. The van der Waals surface area contributed by atoms with Crippen LogP contribution in [0.5, 0.6) is 11.5 Å². The Balaban J connectivity index is 1.87. The van der Waals surface area contributed by atoms with Crippen LogP contribution in [0.1, 0.15) is 32.8 Å². The van der Waals surface area contributed by atoms with E-state index in [0.717, 1.165) is 0 Å². The highest BCUT2D eigenvalue weighted by molar-refractivity contribution is 5.84. The third-order valence-electron chi connectivity index (χ3n) is 4.49. The molecule has 4 N–H and O–H groups in total. The smallest absolute Gasteiger partial charge is 0.226 e. The molecule has 0 aliphatic carbocycles. The number of hydrogen-bond acceptors (Lipinski definition) is 8. The number of fused-ring (bicyclic) bond motifs is 1. The molecule has 29 heavy (non-hydrogen) atoms. The minimum Gasteiger partial charge on any atom is -0.504 e. The number of phenolic OH excluding ortho intramolecular Hbond substituents is 1. The summed E-state index contributed by atoms with van der Waals surface area (Å²) in [5.74, 6) is 1.50. The molecular formula is C20H28N6O3. The molecule has 0 spiro atoms. The average Bonchev–Trinajstić information content (AvgIpc) is 3.00. The molecule has 1 atom stereocenters. The van der Waals surface area contributed by atoms with Crippen molar-refractivity contribution < 1.29 is 14.9 Å². The molecule has 1 aromatic carbocycles. The van der Waals surface area contributed by atoms with Crippen molar-refractivity contribution in [1.82, 2.24) is 19.5 Å². The number of imidazole rings is 1. The monoisotopic (exact) mass is 400 g/mol. The fourth-order valence-electron chi connectivity index (χ4n) is 3.27. The number of nitrogens with one attached hydrogen (secondary N) is 2. The Bertz CT molecular complexity index is 996. The van der Waals surface area contributed by atoms with Crippen molar-refractivity contribution >= 4 is 22.9 Å². The van der Waals surface area contributed by atoms with E-state index in [9.17, 15) is 10.2 Å². The van der Waals surface area contributed by atoms with E-state index in [1.165, 1.54) is 7.11 Å². The Kier molecular flexibility index (Phi) is 5.78. The van der Waals surface area contributed by atoms with Crippen molar-refractivity contribution in [2.75, 3.05) is 17.7 Å². The maximum absolute atomic E-state index is 10.3. The molecule has 2 heterocycles. The number of anilines is 2. The lowest BCUT2D eigenvalue weighted by molar-refractivity contribution is 0.0672. The number of aliphatic hydroxyl groups is 1. The number of phenols is 1. The number of methoxy groups -OCH3 is 1. The number of benzene rings is 1. The molecule has 0 saturated carbocycles. The standard InChI is InChI=1S/C20H28N6O3/c1-12(9-20(2,3)28)23-19-24-17(15-18(25-19)26(4)11-22-15)21-10-13-7-6-8-14(29-5)16(13)27/h6-8,11-12,27-28H,9-10H2,1-5H3,(H2,21,23,24,25). The van der Waals surface area contributed by atoms with E-state index in [2.05, 4.69) is 25.6 Å². The second-order valence-corrected chi connectivity index (χ2v) is 7.81. The minimum absolute atomic E-state index is 0.0315. The van der Waals surface area contributed by atoms with Crippen LogP contribution in [0.25, 0.3) is 11.2 Å². The fourth-order valence-corrected chi connectivity index (χ4v) is 3.27. The van der Waals surface area contributed by atoms with E-state index in [-0.39, 0.29) is 11.8 Å². The van der Waals surface area contributed by atoms with Gasteiger partial charge in [0.05, 0.1) is 19.0 Å². The van der Waals surface area contributed by atoms with E-state index in [1.807, 2.05) is 30.7 Å². The first-order valence-corrected chi connectivity index (χ1v) is 9.44. The van der Waals surface area contributed by atoms with Crippen LogP contribution in [0, 0.1) is 0 Å². The van der Waals surface area contributed by atoms with Gasteiger partial charge in [-0.05, 0) is 33.3 Å². The molecule has 0 saturated heterocycles. The Morgan fingerprint density at radius 1 is 1.28 bits per heavy atom. The molecular weight excluding hydrogens is 372 g/mol. The zero-order chi connectivity index (χ0) is 21.2. The van der Waals surface area contributed by atoms with E-state index >= 15 is 0 Å². The van der Waals surface area contributed by atoms with Gasteiger partial charge in [0.1, 0.15) is 0 Å². The fraction of sp³-hybridized carbons (Fsp3) is 0.450. The van der Waals surface area contributed by atoms with Crippen molar-refractivity contribution in [2.45, 2.75) is 45.4 Å². The second-order valence-electron chi connectivity index (χ2n) is 7.81. The van der Waals surface area contributed by atoms with Gasteiger partial charge in [0.15, 0.2) is 28.5 Å². The summed E-state index contributed by atoms with van der Waals surface area (Å²) in [5.41, 5.74) is 1.19. The van der Waals surface area contributed by atoms with Gasteiger partial charge in [0.25, 0.3) is 0 Å². The molecule has 3 rings (SSSR count). The maximum atomic E-state index is 10.3. The van der Waals surface area contributed by atoms with E-state index in [1.54, 1.807) is 26.2 Å². The number of aryl methyl sites for hydroxylation is 1. The van der Waals surface area contributed by atoms with Gasteiger partial charge in [0, 0.05) is 25.2 Å². The van der Waals surface area contributed by atoms with Crippen molar-refractivity contribution in [1.29, 1.82) is 0 Å². The van der Waals surface area contributed by atoms with Crippen LogP contribution in [0.15, 0.2) is 24.5 Å². The molecule has 0 aliphatic heterocycles. The van der Waals surface area contributed by atoms with Crippen molar-refractivity contribution in [3.8, 4) is 11.5 Å². The Morgan fingerprint density at radius 3 is 2.72 bits per heavy atom. The number of nitrogens with zero attached hydrogens (tertiary/aromatic N) is 4. The largest absolute Gasteiger partial charge is 0.504 e. The summed E-state index contributed by atoms with van der Waals surface area (Å²) >= 11 is 0. The molecule has 1 unspecified atom stereocenters. The van der Waals surface area contributed by atoms with Crippen LogP contribution in [0.2, 0.25) is 0 Å². The number of hydrogen-bond donors (Lipinski definition) is 4. The topological polar surface area (TPSA) is 117 Å². The van der Waals surface area contributed by atoms with Gasteiger partial charge < -0.3 is 30.2 Å². The van der Waals surface area contributed by atoms with Gasteiger partial charge in [-0.1, -0.05) is 12.1 Å². The highest BCUT2D eigenvalue weighted by Gasteiger charge is 2.19. The third-order valence-corrected chi connectivity index (χ3v) is 4.49. The quantitative estimate of drug-likeness (QED) is 0.456. The van der Waals surface area contributed by atoms with E-state index in [0.29, 0.717) is 47.2 Å². The summed E-state index contributed by atoms with van der Waals surface area (Å²) in [4.78, 5) is 13.5. The van der Waals surface area contributed by atoms with Crippen molar-refractivity contribution in [2.24, 2.45) is 7.05 Å². The van der Waals surface area contributed by atoms with Crippen LogP contribution in [0.4, 0.5) is 11.8 Å². The number of aromatic nitrogens is 4. The Morgan fingerprint density at radius 2 is 2.03 bits per heavy atom. The highest BCUT2D eigenvalue weighted by atomic mass is 16.5. The first-order chi connectivity index (χ1) is 13.7. The molecule has 0 aliphatic rings. The van der Waals surface area contributed by atoms with Crippen LogP contribution in [-0.4, -0.2) is 48.5 Å². The minimum atomic E-state index is -0.798.